The maximum Gasteiger partial charge on any atom is 0.223 e. The van der Waals surface area contributed by atoms with Crippen LogP contribution in [0.4, 0.5) is 10.3 Å². The van der Waals surface area contributed by atoms with Crippen LogP contribution in [0.5, 0.6) is 0 Å². The monoisotopic (exact) mass is 467 g/mol. The van der Waals surface area contributed by atoms with E-state index in [-0.39, 0.29) is 5.82 Å². The fraction of sp³-hybridized carbons (Fsp3) is 0.480. The van der Waals surface area contributed by atoms with Gasteiger partial charge in [-0.1, -0.05) is 31.4 Å². The third-order valence-corrected chi connectivity index (χ3v) is 8.04. The highest BCUT2D eigenvalue weighted by molar-refractivity contribution is 7.15. The zero-order valence-corrected chi connectivity index (χ0v) is 19.7. The van der Waals surface area contributed by atoms with Crippen molar-refractivity contribution in [1.82, 2.24) is 19.9 Å². The van der Waals surface area contributed by atoms with Crippen molar-refractivity contribution < 1.29 is 9.50 Å². The van der Waals surface area contributed by atoms with E-state index in [1.54, 1.807) is 12.3 Å². The number of thiazole rings is 1. The van der Waals surface area contributed by atoms with E-state index >= 15 is 0 Å². The lowest BCUT2D eigenvalue weighted by Crippen LogP contribution is -2.40. The van der Waals surface area contributed by atoms with Gasteiger partial charge in [-0.2, -0.15) is 0 Å². The Morgan fingerprint density at radius 2 is 1.91 bits per heavy atom. The maximum atomic E-state index is 14.1. The smallest absolute Gasteiger partial charge is 0.223 e. The summed E-state index contributed by atoms with van der Waals surface area (Å²) < 4.78 is 14.1. The number of hydrogen-bond acceptors (Lipinski definition) is 7. The third kappa shape index (κ3) is 4.93. The van der Waals surface area contributed by atoms with Gasteiger partial charge in [-0.15, -0.1) is 11.3 Å². The van der Waals surface area contributed by atoms with Gasteiger partial charge in [-0.3, -0.25) is 0 Å². The number of anilines is 1. The van der Waals surface area contributed by atoms with Crippen molar-refractivity contribution in [2.24, 2.45) is 0 Å². The third-order valence-electron chi connectivity index (χ3n) is 6.76. The molecule has 0 spiro atoms. The minimum absolute atomic E-state index is 0.312. The summed E-state index contributed by atoms with van der Waals surface area (Å²) in [5, 5.41) is 15.6. The van der Waals surface area contributed by atoms with E-state index in [9.17, 15) is 9.50 Å². The van der Waals surface area contributed by atoms with Crippen LogP contribution in [0.15, 0.2) is 36.5 Å². The normalized spacial score (nSPS) is 19.5. The average Bonchev–Trinajstić information content (AvgIpc) is 3.29. The van der Waals surface area contributed by atoms with Gasteiger partial charge >= 0.3 is 0 Å². The first-order chi connectivity index (χ1) is 16.0. The highest BCUT2D eigenvalue weighted by Crippen LogP contribution is 2.43. The molecule has 8 heteroatoms. The summed E-state index contributed by atoms with van der Waals surface area (Å²) in [7, 11) is 2.06. The van der Waals surface area contributed by atoms with Crippen molar-refractivity contribution in [3.8, 4) is 21.8 Å². The van der Waals surface area contributed by atoms with Crippen LogP contribution >= 0.6 is 11.3 Å². The number of nitrogens with zero attached hydrogens (tertiary/aromatic N) is 4. The highest BCUT2D eigenvalue weighted by Gasteiger charge is 2.37. The zero-order valence-electron chi connectivity index (χ0n) is 18.9. The summed E-state index contributed by atoms with van der Waals surface area (Å²) in [6, 6.07) is 8.72. The molecule has 3 heterocycles. The number of piperidine rings is 1. The Bertz CT molecular complexity index is 1110. The number of hydrogen-bond donors (Lipinski definition) is 2. The molecule has 3 aromatic rings. The molecule has 33 heavy (non-hydrogen) atoms. The Balaban J connectivity index is 1.53. The largest absolute Gasteiger partial charge is 0.383 e. The number of benzene rings is 1. The molecule has 5 rings (SSSR count). The molecule has 0 unspecified atom stereocenters. The Kier molecular flexibility index (Phi) is 6.40. The van der Waals surface area contributed by atoms with Crippen molar-refractivity contribution in [3.05, 3.63) is 47.4 Å². The van der Waals surface area contributed by atoms with E-state index in [0.717, 1.165) is 36.5 Å². The minimum atomic E-state index is -0.978. The summed E-state index contributed by atoms with van der Waals surface area (Å²) in [4.78, 5) is 17.2. The summed E-state index contributed by atoms with van der Waals surface area (Å²) in [6.45, 7) is 1.62. The van der Waals surface area contributed by atoms with Crippen molar-refractivity contribution in [2.45, 2.75) is 56.6 Å². The fourth-order valence-electron chi connectivity index (χ4n) is 4.71. The quantitative estimate of drug-likeness (QED) is 0.546. The van der Waals surface area contributed by atoms with Crippen LogP contribution in [0.3, 0.4) is 0 Å². The first kappa shape index (κ1) is 22.4. The lowest BCUT2D eigenvalue weighted by atomic mass is 9.92. The lowest BCUT2D eigenvalue weighted by molar-refractivity contribution is -0.0203. The first-order valence-corrected chi connectivity index (χ1v) is 12.6. The summed E-state index contributed by atoms with van der Waals surface area (Å²) in [5.41, 5.74) is 1.10. The number of nitrogens with one attached hydrogen (secondary N) is 1. The summed E-state index contributed by atoms with van der Waals surface area (Å²) in [6.07, 6.45) is 9.02. The van der Waals surface area contributed by atoms with Gasteiger partial charge in [0.15, 0.2) is 0 Å². The van der Waals surface area contributed by atoms with Gasteiger partial charge in [0.2, 0.25) is 5.95 Å². The Hall–Kier alpha value is -2.42. The van der Waals surface area contributed by atoms with E-state index in [2.05, 4.69) is 22.2 Å². The lowest BCUT2D eigenvalue weighted by Gasteiger charge is -2.34. The summed E-state index contributed by atoms with van der Waals surface area (Å²) in [5.74, 6) is 0.297. The molecule has 0 atom stereocenters. The highest BCUT2D eigenvalue weighted by atomic mass is 32.1. The van der Waals surface area contributed by atoms with Crippen LogP contribution in [-0.2, 0) is 5.60 Å². The topological polar surface area (TPSA) is 74.2 Å². The standard InChI is InChI=1S/C25H30FN5OS/c1-31-14-11-25(32,12-15-31)23-30-21(17-6-5-7-18(26)16-17)22(33-23)20-10-13-27-24(29-20)28-19-8-3-2-4-9-19/h5-7,10,13,16,19,32H,2-4,8-9,11-12,14-15H2,1H3,(H,27,28,29). The predicted octanol–water partition coefficient (Wildman–Crippen LogP) is 5.06. The first-order valence-electron chi connectivity index (χ1n) is 11.8. The molecule has 2 N–H and O–H groups in total. The molecule has 6 nitrogen and oxygen atoms in total. The molecule has 1 aliphatic carbocycles. The molecule has 2 aliphatic rings. The summed E-state index contributed by atoms with van der Waals surface area (Å²) >= 11 is 1.45. The van der Waals surface area contributed by atoms with Gasteiger partial charge in [0.05, 0.1) is 16.3 Å². The second-order valence-corrected chi connectivity index (χ2v) is 10.3. The van der Waals surface area contributed by atoms with Crippen LogP contribution in [-0.4, -0.2) is 51.1 Å². The SMILES string of the molecule is CN1CCC(O)(c2nc(-c3cccc(F)c3)c(-c3ccnc(NC4CCCCC4)n3)s2)CC1. The van der Waals surface area contributed by atoms with E-state index in [1.807, 2.05) is 12.1 Å². The van der Waals surface area contributed by atoms with E-state index in [1.165, 1.54) is 42.7 Å². The van der Waals surface area contributed by atoms with Crippen molar-refractivity contribution >= 4 is 17.3 Å². The molecule has 0 radical (unpaired) electrons. The van der Waals surface area contributed by atoms with Crippen LogP contribution in [0.1, 0.15) is 50.0 Å². The maximum absolute atomic E-state index is 14.1. The molecular weight excluding hydrogens is 437 g/mol. The molecule has 1 saturated carbocycles. The molecule has 2 fully saturated rings. The van der Waals surface area contributed by atoms with Crippen LogP contribution < -0.4 is 5.32 Å². The second kappa shape index (κ2) is 9.44. The van der Waals surface area contributed by atoms with E-state index < -0.39 is 5.60 Å². The number of aliphatic hydroxyl groups is 1. The van der Waals surface area contributed by atoms with E-state index in [0.29, 0.717) is 41.1 Å². The fourth-order valence-corrected chi connectivity index (χ4v) is 5.91. The van der Waals surface area contributed by atoms with E-state index in [4.69, 9.17) is 9.97 Å². The molecule has 0 bridgehead atoms. The van der Waals surface area contributed by atoms with Crippen molar-refractivity contribution in [1.29, 1.82) is 0 Å². The van der Waals surface area contributed by atoms with Gasteiger partial charge in [0.1, 0.15) is 16.4 Å². The molecule has 1 aliphatic heterocycles. The molecule has 0 amide bonds. The predicted molar refractivity (Wildman–Crippen MR) is 130 cm³/mol. The van der Waals surface area contributed by atoms with Gasteiger partial charge in [0, 0.05) is 30.9 Å². The minimum Gasteiger partial charge on any atom is -0.383 e. The second-order valence-electron chi connectivity index (χ2n) is 9.29. The van der Waals surface area contributed by atoms with Crippen LogP contribution in [0, 0.1) is 5.82 Å². The zero-order chi connectivity index (χ0) is 22.8. The Labute approximate surface area is 197 Å². The Morgan fingerprint density at radius 3 is 2.67 bits per heavy atom. The molecule has 174 valence electrons. The van der Waals surface area contributed by atoms with Gasteiger partial charge < -0.3 is 15.3 Å². The van der Waals surface area contributed by atoms with Gasteiger partial charge in [-0.25, -0.2) is 19.3 Å². The number of likely N-dealkylation sites (tertiary alicyclic amines) is 1. The number of rotatable bonds is 5. The number of halogens is 1. The molecule has 1 aromatic carbocycles. The molecule has 1 saturated heterocycles. The van der Waals surface area contributed by atoms with Crippen LogP contribution in [0.25, 0.3) is 21.8 Å². The van der Waals surface area contributed by atoms with Crippen molar-refractivity contribution in [2.75, 3.05) is 25.5 Å². The number of aromatic nitrogens is 3. The molecule has 2 aromatic heterocycles. The van der Waals surface area contributed by atoms with Gasteiger partial charge in [0.25, 0.3) is 0 Å². The van der Waals surface area contributed by atoms with Gasteiger partial charge in [-0.05, 0) is 50.9 Å². The average molecular weight is 468 g/mol. The molecular formula is C25H30FN5OS. The van der Waals surface area contributed by atoms with Crippen LogP contribution in [0.2, 0.25) is 0 Å². The van der Waals surface area contributed by atoms with Crippen molar-refractivity contribution in [3.63, 3.8) is 0 Å². The Morgan fingerprint density at radius 1 is 1.12 bits per heavy atom.